The summed E-state index contributed by atoms with van der Waals surface area (Å²) >= 11 is 4.00. The van der Waals surface area contributed by atoms with Crippen molar-refractivity contribution in [1.29, 1.82) is 0 Å². The number of carbonyl (C=O) groups excluding carboxylic acids is 1. The summed E-state index contributed by atoms with van der Waals surface area (Å²) in [5.41, 5.74) is 3.64. The number of nitrogens with one attached hydrogen (secondary N) is 1. The third-order valence-corrected chi connectivity index (χ3v) is 3.56. The van der Waals surface area contributed by atoms with Crippen molar-refractivity contribution in [3.63, 3.8) is 0 Å². The third kappa shape index (κ3) is 2.53. The Labute approximate surface area is 113 Å². The lowest BCUT2D eigenvalue weighted by atomic mass is 10.1. The zero-order valence-electron chi connectivity index (χ0n) is 10.7. The number of hydrogen-bond acceptors (Lipinski definition) is 2. The van der Waals surface area contributed by atoms with Crippen molar-refractivity contribution in [3.05, 3.63) is 35.5 Å². The number of nitrogens with zero attached hydrogens (tertiary/aromatic N) is 1. The molecular weight excluding hydrogens is 244 g/mol. The molecule has 1 heterocycles. The van der Waals surface area contributed by atoms with Gasteiger partial charge in [0.2, 0.25) is 5.91 Å². The molecule has 2 rings (SSSR count). The number of hydrogen-bond donors (Lipinski definition) is 2. The zero-order valence-corrected chi connectivity index (χ0v) is 11.6. The second kappa shape index (κ2) is 5.48. The lowest BCUT2D eigenvalue weighted by Crippen LogP contribution is -2.29. The van der Waals surface area contributed by atoms with Gasteiger partial charge < -0.3 is 9.88 Å². The number of fused-ring (bicyclic) bond motifs is 1. The van der Waals surface area contributed by atoms with Gasteiger partial charge in [-0.25, -0.2) is 0 Å². The van der Waals surface area contributed by atoms with Crippen LogP contribution in [0.15, 0.2) is 24.3 Å². The van der Waals surface area contributed by atoms with Gasteiger partial charge in [-0.05, 0) is 25.0 Å². The number of H-pyrrole nitrogens is 1. The molecule has 18 heavy (non-hydrogen) atoms. The lowest BCUT2D eigenvalue weighted by molar-refractivity contribution is -0.127. The van der Waals surface area contributed by atoms with E-state index in [1.807, 2.05) is 19.2 Å². The molecule has 1 aromatic heterocycles. The first kappa shape index (κ1) is 13.0. The average Bonchev–Trinajstić information content (AvgIpc) is 2.70. The Kier molecular flexibility index (Phi) is 3.97. The second-order valence-electron chi connectivity index (χ2n) is 4.50. The summed E-state index contributed by atoms with van der Waals surface area (Å²) in [6.45, 7) is 2.80. The topological polar surface area (TPSA) is 36.1 Å². The van der Waals surface area contributed by atoms with Gasteiger partial charge in [-0.15, -0.1) is 0 Å². The van der Waals surface area contributed by atoms with E-state index >= 15 is 0 Å². The fourth-order valence-corrected chi connectivity index (χ4v) is 2.42. The summed E-state index contributed by atoms with van der Waals surface area (Å²) in [5, 5.41) is 1.25. The summed E-state index contributed by atoms with van der Waals surface area (Å²) in [6.07, 6.45) is 0.867. The molecule has 0 spiro atoms. The van der Waals surface area contributed by atoms with Gasteiger partial charge in [0.25, 0.3) is 0 Å². The van der Waals surface area contributed by atoms with E-state index in [0.29, 0.717) is 0 Å². The summed E-state index contributed by atoms with van der Waals surface area (Å²) in [5.74, 6) is 0.333. The Morgan fingerprint density at radius 1 is 1.39 bits per heavy atom. The molecule has 0 bridgehead atoms. The number of likely N-dealkylation sites (N-methyl/N-ethyl adjacent to an activating group) is 1. The van der Waals surface area contributed by atoms with Gasteiger partial charge in [0, 0.05) is 30.2 Å². The average molecular weight is 262 g/mol. The fourth-order valence-electron chi connectivity index (χ4n) is 2.18. The van der Waals surface area contributed by atoms with Crippen molar-refractivity contribution in [2.75, 3.05) is 19.3 Å². The van der Waals surface area contributed by atoms with Gasteiger partial charge in [-0.1, -0.05) is 18.2 Å². The summed E-state index contributed by atoms with van der Waals surface area (Å²) < 4.78 is 0. The van der Waals surface area contributed by atoms with E-state index < -0.39 is 0 Å². The van der Waals surface area contributed by atoms with Crippen molar-refractivity contribution >= 4 is 29.4 Å². The number of amides is 1. The van der Waals surface area contributed by atoms with Crippen LogP contribution in [0.1, 0.15) is 11.3 Å². The van der Waals surface area contributed by atoms with Crippen LogP contribution in [0, 0.1) is 6.92 Å². The molecule has 0 aliphatic heterocycles. The number of aromatic amines is 1. The molecule has 3 nitrogen and oxygen atoms in total. The smallest absolute Gasteiger partial charge is 0.232 e. The van der Waals surface area contributed by atoms with Gasteiger partial charge in [-0.3, -0.25) is 4.79 Å². The number of aryl methyl sites for hydroxylation is 1. The van der Waals surface area contributed by atoms with Crippen molar-refractivity contribution in [2.24, 2.45) is 0 Å². The minimum atomic E-state index is 0.0656. The van der Waals surface area contributed by atoms with Crippen molar-refractivity contribution in [3.8, 4) is 0 Å². The molecule has 0 unspecified atom stereocenters. The van der Waals surface area contributed by atoms with Gasteiger partial charge in [0.1, 0.15) is 0 Å². The fraction of sp³-hybridized carbons (Fsp3) is 0.357. The number of carbonyl (C=O) groups is 1. The van der Waals surface area contributed by atoms with Crippen molar-refractivity contribution < 1.29 is 4.79 Å². The van der Waals surface area contributed by atoms with Crippen LogP contribution in [0.2, 0.25) is 0 Å². The highest BCUT2D eigenvalue weighted by Gasteiger charge is 2.11. The van der Waals surface area contributed by atoms with E-state index in [1.54, 1.807) is 4.90 Å². The van der Waals surface area contributed by atoms with Crippen LogP contribution >= 0.6 is 12.6 Å². The molecule has 4 heteroatoms. The maximum absolute atomic E-state index is 11.5. The molecule has 2 aromatic rings. The first-order chi connectivity index (χ1) is 8.63. The molecule has 0 aliphatic carbocycles. The molecule has 1 N–H and O–H groups in total. The molecule has 0 saturated carbocycles. The number of thiol groups is 1. The monoisotopic (exact) mass is 262 g/mol. The molecule has 0 fully saturated rings. The van der Waals surface area contributed by atoms with E-state index in [9.17, 15) is 4.79 Å². The Balaban J connectivity index is 2.17. The van der Waals surface area contributed by atoms with Crippen LogP contribution in [0.4, 0.5) is 0 Å². The second-order valence-corrected chi connectivity index (χ2v) is 4.81. The Morgan fingerprint density at radius 2 is 2.11 bits per heavy atom. The number of para-hydroxylation sites is 1. The predicted octanol–water partition coefficient (Wildman–Crippen LogP) is 2.41. The summed E-state index contributed by atoms with van der Waals surface area (Å²) in [4.78, 5) is 16.6. The van der Waals surface area contributed by atoms with Crippen molar-refractivity contribution in [2.45, 2.75) is 13.3 Å². The van der Waals surface area contributed by atoms with E-state index in [2.05, 4.69) is 36.7 Å². The molecule has 0 aliphatic rings. The standard InChI is InChI=1S/C14H18N2OS/c1-10-11(7-8-16(2)14(17)9-18)12-5-3-4-6-13(12)15-10/h3-6,15,18H,7-9H2,1-2H3. The lowest BCUT2D eigenvalue weighted by Gasteiger charge is -2.15. The Morgan fingerprint density at radius 3 is 2.83 bits per heavy atom. The Hall–Kier alpha value is -1.42. The maximum atomic E-state index is 11.5. The molecule has 1 aromatic carbocycles. The number of aromatic nitrogens is 1. The van der Waals surface area contributed by atoms with Crippen LogP contribution < -0.4 is 0 Å². The minimum absolute atomic E-state index is 0.0656. The first-order valence-electron chi connectivity index (χ1n) is 6.04. The van der Waals surface area contributed by atoms with Crippen molar-refractivity contribution in [1.82, 2.24) is 9.88 Å². The van der Waals surface area contributed by atoms with E-state index in [0.717, 1.165) is 18.5 Å². The normalized spacial score (nSPS) is 10.8. The molecule has 0 saturated heterocycles. The molecule has 1 amide bonds. The van der Waals surface area contributed by atoms with Crippen LogP contribution in [0.5, 0.6) is 0 Å². The van der Waals surface area contributed by atoms with Gasteiger partial charge in [-0.2, -0.15) is 12.6 Å². The van der Waals surface area contributed by atoms with E-state index in [1.165, 1.54) is 16.6 Å². The molecular formula is C14H18N2OS. The van der Waals surface area contributed by atoms with E-state index in [4.69, 9.17) is 0 Å². The maximum Gasteiger partial charge on any atom is 0.232 e. The van der Waals surface area contributed by atoms with E-state index in [-0.39, 0.29) is 11.7 Å². The minimum Gasteiger partial charge on any atom is -0.358 e. The highest BCUT2D eigenvalue weighted by Crippen LogP contribution is 2.22. The molecule has 0 atom stereocenters. The Bertz CT molecular complexity index is 562. The highest BCUT2D eigenvalue weighted by atomic mass is 32.1. The predicted molar refractivity (Wildman–Crippen MR) is 78.2 cm³/mol. The largest absolute Gasteiger partial charge is 0.358 e. The molecule has 96 valence electrons. The zero-order chi connectivity index (χ0) is 13.1. The summed E-state index contributed by atoms with van der Waals surface area (Å²) in [7, 11) is 1.82. The van der Waals surface area contributed by atoms with Crippen LogP contribution in [-0.4, -0.2) is 35.1 Å². The van der Waals surface area contributed by atoms with Gasteiger partial charge in [0.05, 0.1) is 5.75 Å². The van der Waals surface area contributed by atoms with Gasteiger partial charge in [0.15, 0.2) is 0 Å². The quantitative estimate of drug-likeness (QED) is 0.816. The SMILES string of the molecule is Cc1[nH]c2ccccc2c1CCN(C)C(=O)CS. The number of benzene rings is 1. The highest BCUT2D eigenvalue weighted by molar-refractivity contribution is 7.81. The first-order valence-corrected chi connectivity index (χ1v) is 6.67. The van der Waals surface area contributed by atoms with Crippen LogP contribution in [0.3, 0.4) is 0 Å². The number of rotatable bonds is 4. The molecule has 0 radical (unpaired) electrons. The van der Waals surface area contributed by atoms with Crippen LogP contribution in [0.25, 0.3) is 10.9 Å². The van der Waals surface area contributed by atoms with Crippen LogP contribution in [-0.2, 0) is 11.2 Å². The summed E-state index contributed by atoms with van der Waals surface area (Å²) in [6, 6.07) is 8.27. The third-order valence-electron chi connectivity index (χ3n) is 3.29. The van der Waals surface area contributed by atoms with Gasteiger partial charge >= 0.3 is 0 Å².